The molecule has 2 amide bonds. The number of nitrogens with one attached hydrogen (secondary N) is 1. The smallest absolute Gasteiger partial charge is 0.410 e. The Morgan fingerprint density at radius 2 is 1.87 bits per heavy atom. The summed E-state index contributed by atoms with van der Waals surface area (Å²) < 4.78 is 11.0. The van der Waals surface area contributed by atoms with E-state index < -0.39 is 5.60 Å². The van der Waals surface area contributed by atoms with Crippen molar-refractivity contribution in [3.8, 4) is 5.75 Å². The van der Waals surface area contributed by atoms with Gasteiger partial charge in [0, 0.05) is 30.8 Å². The minimum Gasteiger partial charge on any atom is -0.496 e. The Bertz CT molecular complexity index is 905. The van der Waals surface area contributed by atoms with E-state index in [1.54, 1.807) is 12.0 Å². The molecule has 2 aromatic rings. The van der Waals surface area contributed by atoms with Crippen LogP contribution in [0.25, 0.3) is 0 Å². The lowest BCUT2D eigenvalue weighted by Crippen LogP contribution is -2.45. The van der Waals surface area contributed by atoms with Crippen LogP contribution in [0.3, 0.4) is 0 Å². The fraction of sp³-hybridized carbons (Fsp3) is 0.440. The van der Waals surface area contributed by atoms with E-state index in [-0.39, 0.29) is 17.9 Å². The number of hydrogen-bond acceptors (Lipinski definition) is 4. The summed E-state index contributed by atoms with van der Waals surface area (Å²) in [4.78, 5) is 26.9. The molecule has 31 heavy (non-hydrogen) atoms. The lowest BCUT2D eigenvalue weighted by atomic mass is 9.97. The first kappa shape index (κ1) is 22.7. The van der Waals surface area contributed by atoms with E-state index in [0.29, 0.717) is 19.5 Å². The summed E-state index contributed by atoms with van der Waals surface area (Å²) in [6.45, 7) is 6.51. The molecule has 1 unspecified atom stereocenters. The van der Waals surface area contributed by atoms with Gasteiger partial charge in [0.25, 0.3) is 0 Å². The Labute approximate surface area is 184 Å². The third-order valence-corrected chi connectivity index (χ3v) is 5.23. The van der Waals surface area contributed by atoms with Crippen molar-refractivity contribution in [2.75, 3.05) is 25.5 Å². The van der Waals surface area contributed by atoms with Gasteiger partial charge in [0.1, 0.15) is 11.4 Å². The predicted molar refractivity (Wildman–Crippen MR) is 121 cm³/mol. The van der Waals surface area contributed by atoms with Crippen LogP contribution in [-0.4, -0.2) is 42.7 Å². The largest absolute Gasteiger partial charge is 0.496 e. The lowest BCUT2D eigenvalue weighted by molar-refractivity contribution is -0.121. The number of carbonyl (C=O) groups is 2. The van der Waals surface area contributed by atoms with Gasteiger partial charge < -0.3 is 19.7 Å². The molecule has 1 atom stereocenters. The highest BCUT2D eigenvalue weighted by molar-refractivity contribution is 5.93. The van der Waals surface area contributed by atoms with Crippen LogP contribution in [0.1, 0.15) is 44.7 Å². The summed E-state index contributed by atoms with van der Waals surface area (Å²) in [5.41, 5.74) is 2.35. The van der Waals surface area contributed by atoms with E-state index in [1.165, 1.54) is 5.56 Å². The van der Waals surface area contributed by atoms with E-state index in [1.807, 2.05) is 57.2 Å². The number of nitrogens with zero attached hydrogens (tertiary/aromatic N) is 1. The molecule has 0 aromatic heterocycles. The van der Waals surface area contributed by atoms with E-state index in [9.17, 15) is 9.59 Å². The molecule has 0 bridgehead atoms. The van der Waals surface area contributed by atoms with E-state index >= 15 is 0 Å². The van der Waals surface area contributed by atoms with Crippen LogP contribution < -0.4 is 10.1 Å². The first-order valence-corrected chi connectivity index (χ1v) is 10.7. The molecule has 1 heterocycles. The van der Waals surface area contributed by atoms with E-state index in [0.717, 1.165) is 29.8 Å². The Balaban J connectivity index is 1.67. The van der Waals surface area contributed by atoms with E-state index in [2.05, 4.69) is 17.4 Å². The second-order valence-electron chi connectivity index (χ2n) is 8.94. The zero-order valence-corrected chi connectivity index (χ0v) is 18.8. The average Bonchev–Trinajstić information content (AvgIpc) is 2.73. The lowest BCUT2D eigenvalue weighted by Gasteiger charge is -2.33. The minimum atomic E-state index is -0.551. The van der Waals surface area contributed by atoms with Gasteiger partial charge >= 0.3 is 6.09 Å². The first-order valence-electron chi connectivity index (χ1n) is 10.7. The molecule has 2 aromatic carbocycles. The Kier molecular flexibility index (Phi) is 7.21. The standard InChI is InChI=1S/C25H32N2O4/c1-25(2,3)31-24(29)27-14-8-11-19(17-27)23(28)26-21-12-13-22(30-4)20(16-21)15-18-9-6-5-7-10-18/h5-7,9-10,12-13,16,19H,8,11,14-15,17H2,1-4H3,(H,26,28). The second kappa shape index (κ2) is 9.86. The van der Waals surface area contributed by atoms with Crippen molar-refractivity contribution in [3.63, 3.8) is 0 Å². The SMILES string of the molecule is COc1ccc(NC(=O)C2CCCN(C(=O)OC(C)(C)C)C2)cc1Cc1ccccc1. The van der Waals surface area contributed by atoms with Crippen LogP contribution >= 0.6 is 0 Å². The van der Waals surface area contributed by atoms with Crippen molar-refractivity contribution in [2.45, 2.75) is 45.6 Å². The number of anilines is 1. The summed E-state index contributed by atoms with van der Waals surface area (Å²) in [6, 6.07) is 15.8. The first-order chi connectivity index (χ1) is 14.7. The fourth-order valence-electron chi connectivity index (χ4n) is 3.74. The van der Waals surface area contributed by atoms with E-state index in [4.69, 9.17) is 9.47 Å². The quantitative estimate of drug-likeness (QED) is 0.743. The van der Waals surface area contributed by atoms with Crippen molar-refractivity contribution in [1.29, 1.82) is 0 Å². The monoisotopic (exact) mass is 424 g/mol. The maximum absolute atomic E-state index is 12.9. The Morgan fingerprint density at radius 1 is 1.13 bits per heavy atom. The second-order valence-corrected chi connectivity index (χ2v) is 8.94. The maximum Gasteiger partial charge on any atom is 0.410 e. The molecule has 0 aliphatic carbocycles. The van der Waals surface area contributed by atoms with Crippen molar-refractivity contribution >= 4 is 17.7 Å². The van der Waals surface area contributed by atoms with Crippen molar-refractivity contribution in [2.24, 2.45) is 5.92 Å². The predicted octanol–water partition coefficient (Wildman–Crippen LogP) is 4.87. The molecule has 0 saturated carbocycles. The normalized spacial score (nSPS) is 16.5. The molecule has 166 valence electrons. The number of piperidine rings is 1. The van der Waals surface area contributed by atoms with Gasteiger partial charge in [-0.25, -0.2) is 4.79 Å². The molecule has 6 nitrogen and oxygen atoms in total. The molecule has 1 aliphatic rings. The number of hydrogen-bond donors (Lipinski definition) is 1. The molecule has 0 radical (unpaired) electrons. The molecular formula is C25H32N2O4. The van der Waals surface area contributed by atoms with Gasteiger partial charge in [-0.2, -0.15) is 0 Å². The van der Waals surface area contributed by atoms with Crippen molar-refractivity contribution < 1.29 is 19.1 Å². The number of methoxy groups -OCH3 is 1. The van der Waals surface area contributed by atoms with Gasteiger partial charge in [-0.15, -0.1) is 0 Å². The number of carbonyl (C=O) groups excluding carboxylic acids is 2. The molecule has 1 aliphatic heterocycles. The minimum absolute atomic E-state index is 0.0795. The number of rotatable bonds is 5. The third kappa shape index (κ3) is 6.48. The average molecular weight is 425 g/mol. The molecule has 6 heteroatoms. The van der Waals surface area contributed by atoms with Gasteiger partial charge in [-0.3, -0.25) is 4.79 Å². The van der Waals surface area contributed by atoms with Crippen LogP contribution in [0.15, 0.2) is 48.5 Å². The van der Waals surface area contributed by atoms with Crippen LogP contribution in [0.5, 0.6) is 5.75 Å². The highest BCUT2D eigenvalue weighted by Crippen LogP contribution is 2.27. The van der Waals surface area contributed by atoms with Gasteiger partial charge in [-0.05, 0) is 57.4 Å². The number of ether oxygens (including phenoxy) is 2. The number of benzene rings is 2. The third-order valence-electron chi connectivity index (χ3n) is 5.23. The molecule has 1 saturated heterocycles. The topological polar surface area (TPSA) is 67.9 Å². The molecular weight excluding hydrogens is 392 g/mol. The molecule has 1 fully saturated rings. The Hall–Kier alpha value is -3.02. The van der Waals surface area contributed by atoms with Crippen LogP contribution in [0.2, 0.25) is 0 Å². The van der Waals surface area contributed by atoms with Crippen LogP contribution in [0, 0.1) is 5.92 Å². The maximum atomic E-state index is 12.9. The van der Waals surface area contributed by atoms with Gasteiger partial charge in [0.05, 0.1) is 13.0 Å². The zero-order chi connectivity index (χ0) is 22.4. The van der Waals surface area contributed by atoms with Crippen LogP contribution in [0.4, 0.5) is 10.5 Å². The van der Waals surface area contributed by atoms with Gasteiger partial charge in [-0.1, -0.05) is 30.3 Å². The highest BCUT2D eigenvalue weighted by Gasteiger charge is 2.31. The summed E-state index contributed by atoms with van der Waals surface area (Å²) >= 11 is 0. The molecule has 0 spiro atoms. The fourth-order valence-corrected chi connectivity index (χ4v) is 3.74. The zero-order valence-electron chi connectivity index (χ0n) is 18.8. The summed E-state index contributed by atoms with van der Waals surface area (Å²) in [7, 11) is 1.65. The van der Waals surface area contributed by atoms with Crippen molar-refractivity contribution in [1.82, 2.24) is 4.90 Å². The number of amides is 2. The van der Waals surface area contributed by atoms with Crippen LogP contribution in [-0.2, 0) is 16.0 Å². The van der Waals surface area contributed by atoms with Gasteiger partial charge in [0.15, 0.2) is 0 Å². The highest BCUT2D eigenvalue weighted by atomic mass is 16.6. The molecule has 3 rings (SSSR count). The summed E-state index contributed by atoms with van der Waals surface area (Å²) in [5.74, 6) is 0.445. The summed E-state index contributed by atoms with van der Waals surface area (Å²) in [5, 5.41) is 3.02. The summed E-state index contributed by atoms with van der Waals surface area (Å²) in [6.07, 6.45) is 1.88. The number of likely N-dealkylation sites (tertiary alicyclic amines) is 1. The van der Waals surface area contributed by atoms with Gasteiger partial charge in [0.2, 0.25) is 5.91 Å². The Morgan fingerprint density at radius 3 is 2.55 bits per heavy atom. The molecule has 1 N–H and O–H groups in total. The van der Waals surface area contributed by atoms with Crippen molar-refractivity contribution in [3.05, 3.63) is 59.7 Å².